The summed E-state index contributed by atoms with van der Waals surface area (Å²) in [4.78, 5) is 0. The third-order valence-electron chi connectivity index (χ3n) is 3.05. The molecule has 0 aromatic heterocycles. The summed E-state index contributed by atoms with van der Waals surface area (Å²) < 4.78 is 14.7. The van der Waals surface area contributed by atoms with E-state index in [0.29, 0.717) is 15.1 Å². The molecule has 0 spiro atoms. The quantitative estimate of drug-likeness (QED) is 0.786. The van der Waals surface area contributed by atoms with Gasteiger partial charge in [0.25, 0.3) is 0 Å². The van der Waals surface area contributed by atoms with Crippen LogP contribution in [0.3, 0.4) is 0 Å². The van der Waals surface area contributed by atoms with Crippen LogP contribution in [0.2, 0.25) is 5.02 Å². The zero-order chi connectivity index (χ0) is 14.0. The smallest absolute Gasteiger partial charge is 0.129 e. The predicted molar refractivity (Wildman–Crippen MR) is 81.2 cm³/mol. The highest BCUT2D eigenvalue weighted by Crippen LogP contribution is 2.31. The highest BCUT2D eigenvalue weighted by molar-refractivity contribution is 9.10. The molecular formula is C15H14BrClFN. The van der Waals surface area contributed by atoms with Crippen LogP contribution < -0.4 is 5.32 Å². The van der Waals surface area contributed by atoms with E-state index in [0.717, 1.165) is 5.56 Å². The van der Waals surface area contributed by atoms with Gasteiger partial charge in [0.2, 0.25) is 0 Å². The molecule has 0 saturated carbocycles. The molecule has 0 aliphatic heterocycles. The third-order valence-corrected chi connectivity index (χ3v) is 4.25. The van der Waals surface area contributed by atoms with E-state index < -0.39 is 0 Å². The Hall–Kier alpha value is -0.900. The Labute approximate surface area is 125 Å². The molecule has 1 atom stereocenters. The number of benzene rings is 2. The molecule has 2 aromatic carbocycles. The van der Waals surface area contributed by atoms with Crippen LogP contribution in [-0.4, -0.2) is 7.05 Å². The molecule has 2 aromatic rings. The first-order chi connectivity index (χ1) is 9.02. The highest BCUT2D eigenvalue weighted by atomic mass is 79.9. The monoisotopic (exact) mass is 341 g/mol. The maximum absolute atomic E-state index is 14.1. The summed E-state index contributed by atoms with van der Waals surface area (Å²) in [5.74, 6) is -0.281. The average Bonchev–Trinajstić information content (AvgIpc) is 2.38. The minimum Gasteiger partial charge on any atom is -0.309 e. The molecule has 0 heterocycles. The maximum atomic E-state index is 14.1. The van der Waals surface area contributed by atoms with Crippen molar-refractivity contribution in [1.29, 1.82) is 0 Å². The SMILES string of the molecule is CNC(c1ccc(C)cc1)c1cc(Cl)c(Br)cc1F. The van der Waals surface area contributed by atoms with Gasteiger partial charge in [0.15, 0.2) is 0 Å². The van der Waals surface area contributed by atoms with Gasteiger partial charge in [-0.3, -0.25) is 0 Å². The lowest BCUT2D eigenvalue weighted by atomic mass is 9.97. The molecule has 19 heavy (non-hydrogen) atoms. The fourth-order valence-electron chi connectivity index (χ4n) is 2.02. The number of halogens is 3. The van der Waals surface area contributed by atoms with E-state index in [2.05, 4.69) is 21.2 Å². The second kappa shape index (κ2) is 6.04. The van der Waals surface area contributed by atoms with Gasteiger partial charge in [0.1, 0.15) is 5.82 Å². The fourth-order valence-corrected chi connectivity index (χ4v) is 2.51. The molecule has 2 rings (SSSR count). The van der Waals surface area contributed by atoms with Gasteiger partial charge in [-0.05, 0) is 47.6 Å². The van der Waals surface area contributed by atoms with Crippen LogP contribution in [0.4, 0.5) is 4.39 Å². The zero-order valence-corrected chi connectivity index (χ0v) is 13.0. The first-order valence-electron chi connectivity index (χ1n) is 5.91. The van der Waals surface area contributed by atoms with Gasteiger partial charge in [0, 0.05) is 10.0 Å². The van der Waals surface area contributed by atoms with Crippen LogP contribution in [0, 0.1) is 12.7 Å². The molecule has 1 N–H and O–H groups in total. The Kier molecular flexibility index (Phi) is 4.61. The first-order valence-corrected chi connectivity index (χ1v) is 7.08. The minimum atomic E-state index is -0.281. The number of hydrogen-bond donors (Lipinski definition) is 1. The van der Waals surface area contributed by atoms with Crippen molar-refractivity contribution < 1.29 is 4.39 Å². The van der Waals surface area contributed by atoms with Crippen LogP contribution in [0.1, 0.15) is 22.7 Å². The van der Waals surface area contributed by atoms with Gasteiger partial charge in [-0.2, -0.15) is 0 Å². The van der Waals surface area contributed by atoms with Crippen molar-refractivity contribution in [2.75, 3.05) is 7.05 Å². The van der Waals surface area contributed by atoms with Crippen LogP contribution in [-0.2, 0) is 0 Å². The van der Waals surface area contributed by atoms with Crippen molar-refractivity contribution in [3.63, 3.8) is 0 Å². The summed E-state index contributed by atoms with van der Waals surface area (Å²) in [7, 11) is 1.81. The van der Waals surface area contributed by atoms with Crippen molar-refractivity contribution in [3.05, 3.63) is 68.4 Å². The molecule has 0 amide bonds. The van der Waals surface area contributed by atoms with E-state index in [1.807, 2.05) is 31.2 Å². The van der Waals surface area contributed by atoms with Gasteiger partial charge >= 0.3 is 0 Å². The van der Waals surface area contributed by atoms with E-state index in [1.165, 1.54) is 11.6 Å². The fraction of sp³-hybridized carbons (Fsp3) is 0.200. The second-order valence-electron chi connectivity index (χ2n) is 4.42. The summed E-state index contributed by atoms with van der Waals surface area (Å²) in [6.45, 7) is 2.02. The van der Waals surface area contributed by atoms with Crippen molar-refractivity contribution >= 4 is 27.5 Å². The Balaban J connectivity index is 2.47. The van der Waals surface area contributed by atoms with Gasteiger partial charge in [-0.1, -0.05) is 41.4 Å². The molecule has 0 radical (unpaired) electrons. The maximum Gasteiger partial charge on any atom is 0.129 e. The normalized spacial score (nSPS) is 12.5. The van der Waals surface area contributed by atoms with E-state index in [1.54, 1.807) is 13.1 Å². The van der Waals surface area contributed by atoms with E-state index >= 15 is 0 Å². The number of hydrogen-bond acceptors (Lipinski definition) is 1. The summed E-state index contributed by atoms with van der Waals surface area (Å²) >= 11 is 9.28. The van der Waals surface area contributed by atoms with Crippen molar-refractivity contribution in [1.82, 2.24) is 5.32 Å². The number of nitrogens with one attached hydrogen (secondary N) is 1. The van der Waals surface area contributed by atoms with Gasteiger partial charge in [0.05, 0.1) is 11.1 Å². The Morgan fingerprint density at radius 2 is 1.84 bits per heavy atom. The van der Waals surface area contributed by atoms with Crippen LogP contribution in [0.15, 0.2) is 40.9 Å². The largest absolute Gasteiger partial charge is 0.309 e. The summed E-state index contributed by atoms with van der Waals surface area (Å²) in [5, 5.41) is 3.63. The number of aryl methyl sites for hydroxylation is 1. The molecule has 0 aliphatic carbocycles. The minimum absolute atomic E-state index is 0.216. The van der Waals surface area contributed by atoms with Crippen LogP contribution >= 0.6 is 27.5 Å². The molecule has 1 unspecified atom stereocenters. The molecule has 4 heteroatoms. The van der Waals surface area contributed by atoms with E-state index in [4.69, 9.17) is 11.6 Å². The Bertz CT molecular complexity index is 583. The topological polar surface area (TPSA) is 12.0 Å². The van der Waals surface area contributed by atoms with Crippen molar-refractivity contribution in [3.8, 4) is 0 Å². The van der Waals surface area contributed by atoms with Gasteiger partial charge < -0.3 is 5.32 Å². The predicted octanol–water partition coefficient (Wildman–Crippen LogP) is 4.86. The molecule has 0 saturated heterocycles. The molecule has 0 bridgehead atoms. The van der Waals surface area contributed by atoms with E-state index in [9.17, 15) is 4.39 Å². The standard InChI is InChI=1S/C15H14BrClFN/c1-9-3-5-10(6-4-9)15(19-2)11-7-13(17)12(16)8-14(11)18/h3-8,15,19H,1-2H3. The molecular weight excluding hydrogens is 329 g/mol. The first kappa shape index (κ1) is 14.5. The zero-order valence-electron chi connectivity index (χ0n) is 10.7. The number of rotatable bonds is 3. The lowest BCUT2D eigenvalue weighted by Gasteiger charge is -2.19. The van der Waals surface area contributed by atoms with Crippen LogP contribution in [0.25, 0.3) is 0 Å². The third kappa shape index (κ3) is 3.16. The van der Waals surface area contributed by atoms with E-state index in [-0.39, 0.29) is 11.9 Å². The molecule has 0 fully saturated rings. The summed E-state index contributed by atoms with van der Waals surface area (Å²) in [6, 6.07) is 10.8. The second-order valence-corrected chi connectivity index (χ2v) is 5.68. The van der Waals surface area contributed by atoms with Gasteiger partial charge in [-0.25, -0.2) is 4.39 Å². The van der Waals surface area contributed by atoms with Crippen molar-refractivity contribution in [2.24, 2.45) is 0 Å². The van der Waals surface area contributed by atoms with Crippen molar-refractivity contribution in [2.45, 2.75) is 13.0 Å². The lowest BCUT2D eigenvalue weighted by Crippen LogP contribution is -2.19. The Morgan fingerprint density at radius 1 is 1.21 bits per heavy atom. The van der Waals surface area contributed by atoms with Crippen LogP contribution in [0.5, 0.6) is 0 Å². The molecule has 100 valence electrons. The highest BCUT2D eigenvalue weighted by Gasteiger charge is 2.17. The average molecular weight is 343 g/mol. The summed E-state index contributed by atoms with van der Waals surface area (Å²) in [5.41, 5.74) is 2.72. The molecule has 0 aliphatic rings. The Morgan fingerprint density at radius 3 is 2.42 bits per heavy atom. The molecule has 1 nitrogen and oxygen atoms in total. The lowest BCUT2D eigenvalue weighted by molar-refractivity contribution is 0.575. The van der Waals surface area contributed by atoms with Gasteiger partial charge in [-0.15, -0.1) is 0 Å². The summed E-state index contributed by atoms with van der Waals surface area (Å²) in [6.07, 6.45) is 0.